The van der Waals surface area contributed by atoms with E-state index >= 15 is 0 Å². The Morgan fingerprint density at radius 1 is 1.15 bits per heavy atom. The van der Waals surface area contributed by atoms with E-state index in [4.69, 9.17) is 9.97 Å². The Balaban J connectivity index is 2.06. The molecule has 0 aliphatic carbocycles. The standard InChI is InChI=1S/C16H18N4/c1-10-9-14-15-13(17-10)7-6-12-5-3-4-8-20(12)16(15)19-11(2)18-14/h4,8-9,12H,3,5-7H2,1-2H3. The average molecular weight is 266 g/mol. The summed E-state index contributed by atoms with van der Waals surface area (Å²) in [5.74, 6) is 1.89. The molecule has 102 valence electrons. The van der Waals surface area contributed by atoms with Crippen molar-refractivity contribution >= 4 is 16.7 Å². The van der Waals surface area contributed by atoms with E-state index in [1.54, 1.807) is 0 Å². The van der Waals surface area contributed by atoms with Crippen molar-refractivity contribution in [1.29, 1.82) is 0 Å². The number of aryl methyl sites for hydroxylation is 3. The molecule has 2 aromatic rings. The van der Waals surface area contributed by atoms with Crippen molar-refractivity contribution in [3.8, 4) is 0 Å². The van der Waals surface area contributed by atoms with Gasteiger partial charge in [0.2, 0.25) is 0 Å². The number of allylic oxidation sites excluding steroid dienone is 1. The zero-order chi connectivity index (χ0) is 13.7. The molecule has 0 fully saturated rings. The van der Waals surface area contributed by atoms with Gasteiger partial charge in [-0.1, -0.05) is 6.08 Å². The van der Waals surface area contributed by atoms with E-state index in [2.05, 4.69) is 28.2 Å². The Morgan fingerprint density at radius 3 is 2.95 bits per heavy atom. The van der Waals surface area contributed by atoms with E-state index in [9.17, 15) is 0 Å². The van der Waals surface area contributed by atoms with Crippen molar-refractivity contribution in [1.82, 2.24) is 15.0 Å². The number of aromatic nitrogens is 3. The third-order valence-electron chi connectivity index (χ3n) is 4.26. The van der Waals surface area contributed by atoms with Gasteiger partial charge >= 0.3 is 0 Å². The maximum absolute atomic E-state index is 4.75. The van der Waals surface area contributed by atoms with E-state index in [0.717, 1.165) is 53.2 Å². The van der Waals surface area contributed by atoms with Gasteiger partial charge in [-0.3, -0.25) is 4.98 Å². The Kier molecular flexibility index (Phi) is 2.52. The average Bonchev–Trinajstić information content (AvgIpc) is 2.57. The van der Waals surface area contributed by atoms with Crippen LogP contribution in [0.3, 0.4) is 0 Å². The molecule has 0 aromatic carbocycles. The van der Waals surface area contributed by atoms with E-state index in [1.807, 2.05) is 13.8 Å². The first-order valence-corrected chi connectivity index (χ1v) is 7.32. The minimum absolute atomic E-state index is 0.548. The first kappa shape index (κ1) is 11.8. The number of hydrogen-bond acceptors (Lipinski definition) is 4. The molecule has 1 unspecified atom stereocenters. The molecule has 2 aliphatic heterocycles. The molecule has 4 heterocycles. The van der Waals surface area contributed by atoms with Crippen molar-refractivity contribution in [2.24, 2.45) is 0 Å². The first-order valence-electron chi connectivity index (χ1n) is 7.32. The van der Waals surface area contributed by atoms with Crippen LogP contribution in [0.4, 0.5) is 5.82 Å². The van der Waals surface area contributed by atoms with Gasteiger partial charge in [-0.05, 0) is 45.6 Å². The number of anilines is 1. The molecule has 0 radical (unpaired) electrons. The molecule has 4 nitrogen and oxygen atoms in total. The van der Waals surface area contributed by atoms with Gasteiger partial charge in [0.1, 0.15) is 11.6 Å². The maximum Gasteiger partial charge on any atom is 0.146 e. The number of hydrogen-bond donors (Lipinski definition) is 0. The van der Waals surface area contributed by atoms with Gasteiger partial charge in [0.25, 0.3) is 0 Å². The summed E-state index contributed by atoms with van der Waals surface area (Å²) in [5.41, 5.74) is 3.25. The molecule has 0 saturated carbocycles. The summed E-state index contributed by atoms with van der Waals surface area (Å²) in [6, 6.07) is 2.62. The fourth-order valence-corrected chi connectivity index (χ4v) is 3.39. The molecular formula is C16H18N4. The van der Waals surface area contributed by atoms with Gasteiger partial charge < -0.3 is 4.90 Å². The number of rotatable bonds is 0. The van der Waals surface area contributed by atoms with Gasteiger partial charge in [-0.25, -0.2) is 9.97 Å². The molecule has 4 rings (SSSR count). The minimum Gasteiger partial charge on any atom is -0.330 e. The van der Waals surface area contributed by atoms with Crippen LogP contribution < -0.4 is 4.90 Å². The highest BCUT2D eigenvalue weighted by Crippen LogP contribution is 2.35. The lowest BCUT2D eigenvalue weighted by atomic mass is 10.0. The SMILES string of the molecule is Cc1cc2nc(C)nc3c2c(n1)CCC1CCC=CN31. The van der Waals surface area contributed by atoms with Crippen molar-refractivity contribution < 1.29 is 0 Å². The van der Waals surface area contributed by atoms with Crippen molar-refractivity contribution in [2.45, 2.75) is 45.6 Å². The zero-order valence-corrected chi connectivity index (χ0v) is 11.9. The Labute approximate surface area is 118 Å². The highest BCUT2D eigenvalue weighted by atomic mass is 15.2. The molecule has 0 amide bonds. The summed E-state index contributed by atoms with van der Waals surface area (Å²) in [7, 11) is 0. The Morgan fingerprint density at radius 2 is 2.05 bits per heavy atom. The second-order valence-electron chi connectivity index (χ2n) is 5.76. The molecule has 2 aromatic heterocycles. The third kappa shape index (κ3) is 1.71. The van der Waals surface area contributed by atoms with Crippen LogP contribution in [-0.2, 0) is 6.42 Å². The highest BCUT2D eigenvalue weighted by molar-refractivity contribution is 5.93. The van der Waals surface area contributed by atoms with Crippen LogP contribution in [-0.4, -0.2) is 21.0 Å². The van der Waals surface area contributed by atoms with Gasteiger partial charge in [-0.15, -0.1) is 0 Å². The lowest BCUT2D eigenvalue weighted by Gasteiger charge is -2.31. The summed E-state index contributed by atoms with van der Waals surface area (Å²) < 4.78 is 0. The lowest BCUT2D eigenvalue weighted by Crippen LogP contribution is -2.33. The molecule has 0 bridgehead atoms. The van der Waals surface area contributed by atoms with Crippen LogP contribution in [0.2, 0.25) is 0 Å². The van der Waals surface area contributed by atoms with E-state index < -0.39 is 0 Å². The fraction of sp³-hybridized carbons (Fsp3) is 0.438. The normalized spacial score (nSPS) is 20.9. The minimum atomic E-state index is 0.548. The topological polar surface area (TPSA) is 41.9 Å². The molecule has 0 N–H and O–H groups in total. The van der Waals surface area contributed by atoms with Crippen LogP contribution in [0.15, 0.2) is 18.3 Å². The van der Waals surface area contributed by atoms with Crippen LogP contribution in [0.5, 0.6) is 0 Å². The van der Waals surface area contributed by atoms with Crippen LogP contribution in [0, 0.1) is 13.8 Å². The lowest BCUT2D eigenvalue weighted by molar-refractivity contribution is 0.542. The molecule has 0 saturated heterocycles. The van der Waals surface area contributed by atoms with Crippen LogP contribution in [0.1, 0.15) is 36.5 Å². The van der Waals surface area contributed by atoms with Crippen LogP contribution >= 0.6 is 0 Å². The monoisotopic (exact) mass is 266 g/mol. The van der Waals surface area contributed by atoms with Crippen LogP contribution in [0.25, 0.3) is 10.9 Å². The smallest absolute Gasteiger partial charge is 0.146 e. The fourth-order valence-electron chi connectivity index (χ4n) is 3.39. The number of fused-ring (bicyclic) bond motifs is 2. The van der Waals surface area contributed by atoms with Gasteiger partial charge in [0.15, 0.2) is 0 Å². The zero-order valence-electron chi connectivity index (χ0n) is 11.9. The summed E-state index contributed by atoms with van der Waals surface area (Å²) in [5, 5.41) is 1.15. The predicted molar refractivity (Wildman–Crippen MR) is 79.8 cm³/mol. The van der Waals surface area contributed by atoms with E-state index in [-0.39, 0.29) is 0 Å². The van der Waals surface area contributed by atoms with E-state index in [0.29, 0.717) is 6.04 Å². The summed E-state index contributed by atoms with van der Waals surface area (Å²) >= 11 is 0. The molecular weight excluding hydrogens is 248 g/mol. The summed E-state index contributed by atoms with van der Waals surface area (Å²) in [6.07, 6.45) is 8.97. The maximum atomic E-state index is 4.75. The van der Waals surface area contributed by atoms with Crippen molar-refractivity contribution in [3.63, 3.8) is 0 Å². The molecule has 1 atom stereocenters. The Bertz CT molecular complexity index is 715. The van der Waals surface area contributed by atoms with Gasteiger partial charge in [0, 0.05) is 17.9 Å². The number of nitrogens with zero attached hydrogens (tertiary/aromatic N) is 4. The largest absolute Gasteiger partial charge is 0.330 e. The molecule has 2 aliphatic rings. The second-order valence-corrected chi connectivity index (χ2v) is 5.76. The first-order chi connectivity index (χ1) is 9.72. The highest BCUT2D eigenvalue weighted by Gasteiger charge is 2.28. The van der Waals surface area contributed by atoms with Gasteiger partial charge in [-0.2, -0.15) is 0 Å². The van der Waals surface area contributed by atoms with E-state index in [1.165, 1.54) is 6.42 Å². The summed E-state index contributed by atoms with van der Waals surface area (Å²) in [4.78, 5) is 16.4. The molecule has 20 heavy (non-hydrogen) atoms. The quantitative estimate of drug-likeness (QED) is 0.735. The molecule has 0 spiro atoms. The molecule has 4 heteroatoms. The van der Waals surface area contributed by atoms with Gasteiger partial charge in [0.05, 0.1) is 16.6 Å². The second kappa shape index (κ2) is 4.27. The number of pyridine rings is 1. The third-order valence-corrected chi connectivity index (χ3v) is 4.26. The Hall–Kier alpha value is -1.97. The predicted octanol–water partition coefficient (Wildman–Crippen LogP) is 3.07. The van der Waals surface area contributed by atoms with Crippen molar-refractivity contribution in [3.05, 3.63) is 35.6 Å². The van der Waals surface area contributed by atoms with Crippen molar-refractivity contribution in [2.75, 3.05) is 4.90 Å². The summed E-state index contributed by atoms with van der Waals surface area (Å²) in [6.45, 7) is 4.02.